The predicted octanol–water partition coefficient (Wildman–Crippen LogP) is 3.79. The molecule has 142 valence electrons. The van der Waals surface area contributed by atoms with E-state index >= 15 is 0 Å². The highest BCUT2D eigenvalue weighted by Gasteiger charge is 2.19. The minimum Gasteiger partial charge on any atom is -0.504 e. The van der Waals surface area contributed by atoms with E-state index < -0.39 is 21.5 Å². The molecule has 0 spiro atoms. The molecule has 0 aromatic heterocycles. The number of aromatic hydroxyl groups is 2. The summed E-state index contributed by atoms with van der Waals surface area (Å²) in [5.41, 5.74) is 0.466. The van der Waals surface area contributed by atoms with Gasteiger partial charge in [-0.15, -0.1) is 0 Å². The summed E-state index contributed by atoms with van der Waals surface area (Å²) < 4.78 is 27.4. The first-order valence-electron chi connectivity index (χ1n) is 8.29. The number of hydrogen-bond donors (Lipinski definition) is 3. The van der Waals surface area contributed by atoms with Crippen molar-refractivity contribution in [1.82, 2.24) is 0 Å². The van der Waals surface area contributed by atoms with Crippen LogP contribution in [0.2, 0.25) is 0 Å². The normalized spacial score (nSPS) is 11.4. The van der Waals surface area contributed by atoms with Gasteiger partial charge in [-0.3, -0.25) is 9.52 Å². The second-order valence-corrected chi connectivity index (χ2v) is 7.56. The summed E-state index contributed by atoms with van der Waals surface area (Å²) in [6.07, 6.45) is 2.64. The zero-order chi connectivity index (χ0) is 20.1. The summed E-state index contributed by atoms with van der Waals surface area (Å²) in [5.74, 6) is -1.41. The van der Waals surface area contributed by atoms with Gasteiger partial charge in [-0.25, -0.2) is 8.42 Å². The van der Waals surface area contributed by atoms with Crippen LogP contribution in [0.4, 0.5) is 5.69 Å². The van der Waals surface area contributed by atoms with Crippen LogP contribution in [0.25, 0.3) is 6.08 Å². The second-order valence-electron chi connectivity index (χ2n) is 5.88. The third-order valence-electron chi connectivity index (χ3n) is 3.95. The number of carbonyl (C=O) groups is 1. The van der Waals surface area contributed by atoms with Gasteiger partial charge in [0.2, 0.25) is 0 Å². The number of rotatable bonds is 6. The van der Waals surface area contributed by atoms with Crippen molar-refractivity contribution in [2.75, 3.05) is 4.72 Å². The van der Waals surface area contributed by atoms with Gasteiger partial charge in [0.05, 0.1) is 4.90 Å². The quantitative estimate of drug-likeness (QED) is 0.335. The molecule has 0 aliphatic heterocycles. The Bertz CT molecular complexity index is 1120. The van der Waals surface area contributed by atoms with Gasteiger partial charge in [0.15, 0.2) is 17.3 Å². The molecule has 0 fully saturated rings. The Labute approximate surface area is 162 Å². The molecule has 0 amide bonds. The lowest BCUT2D eigenvalue weighted by Gasteiger charge is -2.13. The van der Waals surface area contributed by atoms with Crippen molar-refractivity contribution >= 4 is 27.6 Å². The molecule has 0 bridgehead atoms. The Balaban J connectivity index is 1.97. The first-order valence-corrected chi connectivity index (χ1v) is 9.77. The Kier molecular flexibility index (Phi) is 5.47. The van der Waals surface area contributed by atoms with Crippen LogP contribution < -0.4 is 4.72 Å². The van der Waals surface area contributed by atoms with Crippen LogP contribution in [0.1, 0.15) is 15.9 Å². The molecule has 0 atom stereocenters. The monoisotopic (exact) mass is 395 g/mol. The fraction of sp³-hybridized carbons (Fsp3) is 0. The van der Waals surface area contributed by atoms with Crippen LogP contribution in [0.3, 0.4) is 0 Å². The number of anilines is 1. The van der Waals surface area contributed by atoms with Gasteiger partial charge in [-0.05, 0) is 36.4 Å². The smallest absolute Gasteiger partial charge is 0.262 e. The van der Waals surface area contributed by atoms with Crippen molar-refractivity contribution < 1.29 is 23.4 Å². The maximum absolute atomic E-state index is 12.6. The number of allylic oxidation sites excluding steroid dienone is 1. The van der Waals surface area contributed by atoms with E-state index in [9.17, 15) is 23.4 Å². The molecular formula is C21H17NO5S. The molecule has 28 heavy (non-hydrogen) atoms. The van der Waals surface area contributed by atoms with Crippen LogP contribution in [0.5, 0.6) is 11.5 Å². The average molecular weight is 395 g/mol. The highest BCUT2D eigenvalue weighted by atomic mass is 32.2. The number of hydrogen-bond acceptors (Lipinski definition) is 5. The molecule has 3 aromatic carbocycles. The molecule has 3 aromatic rings. The number of ketones is 1. The van der Waals surface area contributed by atoms with Crippen molar-refractivity contribution in [2.24, 2.45) is 0 Å². The Morgan fingerprint density at radius 3 is 2.11 bits per heavy atom. The molecule has 0 aliphatic rings. The van der Waals surface area contributed by atoms with Gasteiger partial charge in [0, 0.05) is 11.1 Å². The first kappa shape index (κ1) is 19.2. The molecular weight excluding hydrogens is 378 g/mol. The third-order valence-corrected chi connectivity index (χ3v) is 5.32. The van der Waals surface area contributed by atoms with E-state index in [-0.39, 0.29) is 21.9 Å². The summed E-state index contributed by atoms with van der Waals surface area (Å²) >= 11 is 0. The standard InChI is InChI=1S/C21H17NO5S/c23-18(15-7-3-1-4-8-15)13-11-16-12-14-19(24)21(25)20(16)22-28(26,27)17-9-5-2-6-10-17/h1-14,22,24-25H. The molecule has 0 saturated heterocycles. The molecule has 0 unspecified atom stereocenters. The van der Waals surface area contributed by atoms with Crippen LogP contribution >= 0.6 is 0 Å². The fourth-order valence-corrected chi connectivity index (χ4v) is 3.62. The minimum atomic E-state index is -4.01. The van der Waals surface area contributed by atoms with Crippen LogP contribution in [0, 0.1) is 0 Å². The zero-order valence-electron chi connectivity index (χ0n) is 14.6. The zero-order valence-corrected chi connectivity index (χ0v) is 15.4. The van der Waals surface area contributed by atoms with Gasteiger partial charge < -0.3 is 10.2 Å². The number of benzene rings is 3. The average Bonchev–Trinajstić information content (AvgIpc) is 2.72. The molecule has 0 aliphatic carbocycles. The van der Waals surface area contributed by atoms with Gasteiger partial charge in [0.1, 0.15) is 5.69 Å². The van der Waals surface area contributed by atoms with Gasteiger partial charge in [-0.2, -0.15) is 0 Å². The molecule has 0 radical (unpaired) electrons. The van der Waals surface area contributed by atoms with Crippen LogP contribution in [-0.2, 0) is 10.0 Å². The maximum Gasteiger partial charge on any atom is 0.262 e. The summed E-state index contributed by atoms with van der Waals surface area (Å²) in [7, 11) is -4.01. The highest BCUT2D eigenvalue weighted by Crippen LogP contribution is 2.38. The topological polar surface area (TPSA) is 104 Å². The van der Waals surface area contributed by atoms with Gasteiger partial charge in [-0.1, -0.05) is 48.5 Å². The molecule has 3 rings (SSSR count). The Morgan fingerprint density at radius 2 is 1.46 bits per heavy atom. The van der Waals surface area contributed by atoms with E-state index in [1.165, 1.54) is 36.4 Å². The lowest BCUT2D eigenvalue weighted by molar-refractivity contribution is 0.104. The molecule has 0 heterocycles. The number of carbonyl (C=O) groups excluding carboxylic acids is 1. The number of nitrogens with one attached hydrogen (secondary N) is 1. The summed E-state index contributed by atoms with van der Waals surface area (Å²) in [4.78, 5) is 12.2. The Hall–Kier alpha value is -3.58. The SMILES string of the molecule is O=C(C=Cc1ccc(O)c(O)c1NS(=O)(=O)c1ccccc1)c1ccccc1. The second kappa shape index (κ2) is 7.98. The maximum atomic E-state index is 12.6. The van der Waals surface area contributed by atoms with Crippen LogP contribution in [0.15, 0.2) is 83.8 Å². The van der Waals surface area contributed by atoms with E-state index in [2.05, 4.69) is 4.72 Å². The molecule has 3 N–H and O–H groups in total. The van der Waals surface area contributed by atoms with Gasteiger partial charge >= 0.3 is 0 Å². The fourth-order valence-electron chi connectivity index (χ4n) is 2.50. The number of phenols is 2. The summed E-state index contributed by atoms with van der Waals surface area (Å²) in [6, 6.07) is 18.8. The summed E-state index contributed by atoms with van der Waals surface area (Å²) in [5, 5.41) is 19.9. The first-order chi connectivity index (χ1) is 13.4. The predicted molar refractivity (Wildman–Crippen MR) is 107 cm³/mol. The van der Waals surface area contributed by atoms with E-state index in [1.807, 2.05) is 0 Å². The minimum absolute atomic E-state index is 0.00645. The molecule has 0 saturated carbocycles. The lowest BCUT2D eigenvalue weighted by atomic mass is 10.1. The Morgan fingerprint density at radius 1 is 0.857 bits per heavy atom. The largest absolute Gasteiger partial charge is 0.504 e. The number of phenolic OH excluding ortho intramolecular Hbond substituents is 2. The van der Waals surface area contributed by atoms with Crippen molar-refractivity contribution in [2.45, 2.75) is 4.90 Å². The van der Waals surface area contributed by atoms with E-state index in [1.54, 1.807) is 48.5 Å². The molecule has 7 heteroatoms. The third kappa shape index (κ3) is 4.21. The van der Waals surface area contributed by atoms with Crippen molar-refractivity contribution in [3.8, 4) is 11.5 Å². The van der Waals surface area contributed by atoms with E-state index in [4.69, 9.17) is 0 Å². The van der Waals surface area contributed by atoms with E-state index in [0.29, 0.717) is 5.56 Å². The highest BCUT2D eigenvalue weighted by molar-refractivity contribution is 7.92. The van der Waals surface area contributed by atoms with Crippen molar-refractivity contribution in [1.29, 1.82) is 0 Å². The van der Waals surface area contributed by atoms with Crippen LogP contribution in [-0.4, -0.2) is 24.4 Å². The van der Waals surface area contributed by atoms with Crippen molar-refractivity contribution in [3.05, 3.63) is 90.0 Å². The van der Waals surface area contributed by atoms with Gasteiger partial charge in [0.25, 0.3) is 10.0 Å². The lowest BCUT2D eigenvalue weighted by Crippen LogP contribution is -2.13. The number of sulfonamides is 1. The molecule has 6 nitrogen and oxygen atoms in total. The van der Waals surface area contributed by atoms with Crippen molar-refractivity contribution in [3.63, 3.8) is 0 Å². The van der Waals surface area contributed by atoms with E-state index in [0.717, 1.165) is 0 Å². The summed E-state index contributed by atoms with van der Waals surface area (Å²) in [6.45, 7) is 0.